The zero-order valence-electron chi connectivity index (χ0n) is 14.8. The van der Waals surface area contributed by atoms with Crippen LogP contribution in [-0.2, 0) is 5.41 Å². The van der Waals surface area contributed by atoms with Crippen molar-refractivity contribution in [1.82, 2.24) is 0 Å². The molecule has 1 fully saturated rings. The first-order valence-corrected chi connectivity index (χ1v) is 8.92. The molecule has 0 N–H and O–H groups in total. The number of nitrogens with zero attached hydrogens (tertiary/aromatic N) is 2. The van der Waals surface area contributed by atoms with Gasteiger partial charge in [0.2, 0.25) is 0 Å². The topological polar surface area (TPSA) is 47.6 Å². The van der Waals surface area contributed by atoms with Crippen LogP contribution in [0.4, 0.5) is 0 Å². The molecule has 2 aromatic carbocycles. The Hall–Kier alpha value is -3.10. The Labute approximate surface area is 153 Å². The molecule has 124 valence electrons. The Morgan fingerprint density at radius 1 is 0.808 bits per heavy atom. The zero-order valence-corrected chi connectivity index (χ0v) is 14.8. The van der Waals surface area contributed by atoms with Gasteiger partial charge in [0, 0.05) is 21.8 Å². The zero-order chi connectivity index (χ0) is 18.2. The lowest BCUT2D eigenvalue weighted by molar-refractivity contribution is 0.310. The maximum Gasteiger partial charge on any atom is 0.0974 e. The predicted octanol–water partition coefficient (Wildman–Crippen LogP) is 5.02. The molecule has 2 aromatic rings. The van der Waals surface area contributed by atoms with Gasteiger partial charge >= 0.3 is 0 Å². The van der Waals surface area contributed by atoms with Gasteiger partial charge in [-0.05, 0) is 16.7 Å². The summed E-state index contributed by atoms with van der Waals surface area (Å²) >= 11 is 0. The fourth-order valence-electron chi connectivity index (χ4n) is 6.15. The van der Waals surface area contributed by atoms with Gasteiger partial charge in [-0.1, -0.05) is 86.7 Å². The van der Waals surface area contributed by atoms with E-state index in [1.54, 1.807) is 0 Å². The van der Waals surface area contributed by atoms with Crippen LogP contribution in [-0.4, -0.2) is 0 Å². The summed E-state index contributed by atoms with van der Waals surface area (Å²) in [7, 11) is 0. The van der Waals surface area contributed by atoms with Crippen molar-refractivity contribution in [2.45, 2.75) is 19.3 Å². The molecule has 0 unspecified atom stereocenters. The second-order valence-electron chi connectivity index (χ2n) is 7.94. The van der Waals surface area contributed by atoms with Gasteiger partial charge in [-0.25, -0.2) is 0 Å². The van der Waals surface area contributed by atoms with E-state index in [-0.39, 0.29) is 5.41 Å². The van der Waals surface area contributed by atoms with Gasteiger partial charge in [0.15, 0.2) is 0 Å². The minimum absolute atomic E-state index is 0.348. The second kappa shape index (κ2) is 4.35. The lowest BCUT2D eigenvalue weighted by Crippen LogP contribution is -2.29. The Morgan fingerprint density at radius 2 is 1.42 bits per heavy atom. The standard InChI is InChI=1S/C24H18N2/c1-21-19(15-25)13-24(18-11-7-4-8-12-18)22(21,2)23(24,16-26)14-20(21)17-9-5-3-6-10-17/h3-14H,1-2H3/t21-,22-,23-,24+/m1/s1. The van der Waals surface area contributed by atoms with Crippen molar-refractivity contribution in [3.05, 3.63) is 89.5 Å². The Bertz CT molecular complexity index is 1080. The minimum atomic E-state index is -0.609. The first-order chi connectivity index (χ1) is 12.5. The van der Waals surface area contributed by atoms with Gasteiger partial charge in [0.05, 0.1) is 17.6 Å². The van der Waals surface area contributed by atoms with Crippen LogP contribution >= 0.6 is 0 Å². The molecule has 0 heterocycles. The molecule has 5 rings (SSSR count). The molecule has 0 amide bonds. The van der Waals surface area contributed by atoms with Crippen molar-refractivity contribution in [3.8, 4) is 12.1 Å². The van der Waals surface area contributed by atoms with E-state index in [0.717, 1.165) is 22.3 Å². The van der Waals surface area contributed by atoms with E-state index in [4.69, 9.17) is 0 Å². The molecule has 2 heteroatoms. The number of hydrogen-bond donors (Lipinski definition) is 0. The molecular weight excluding hydrogens is 316 g/mol. The summed E-state index contributed by atoms with van der Waals surface area (Å²) in [6.07, 6.45) is 4.26. The molecule has 4 atom stereocenters. The van der Waals surface area contributed by atoms with Crippen LogP contribution in [0.5, 0.6) is 0 Å². The van der Waals surface area contributed by atoms with Crippen LogP contribution in [0.15, 0.2) is 78.4 Å². The third-order valence-electron chi connectivity index (χ3n) is 7.55. The number of benzene rings is 2. The number of nitriles is 2. The summed E-state index contributed by atoms with van der Waals surface area (Å²) in [6, 6.07) is 25.5. The van der Waals surface area contributed by atoms with E-state index in [2.05, 4.69) is 62.4 Å². The van der Waals surface area contributed by atoms with Crippen molar-refractivity contribution in [2.75, 3.05) is 0 Å². The Morgan fingerprint density at radius 3 is 2.00 bits per heavy atom. The Kier molecular flexibility index (Phi) is 2.54. The van der Waals surface area contributed by atoms with E-state index in [1.807, 2.05) is 36.4 Å². The quantitative estimate of drug-likeness (QED) is 0.774. The van der Waals surface area contributed by atoms with Gasteiger partial charge in [-0.2, -0.15) is 10.5 Å². The largest absolute Gasteiger partial charge is 0.197 e. The fourth-order valence-corrected chi connectivity index (χ4v) is 6.15. The third kappa shape index (κ3) is 1.18. The van der Waals surface area contributed by atoms with E-state index < -0.39 is 16.2 Å². The first-order valence-electron chi connectivity index (χ1n) is 8.92. The molecule has 1 saturated carbocycles. The van der Waals surface area contributed by atoms with E-state index >= 15 is 0 Å². The van der Waals surface area contributed by atoms with Gasteiger partial charge in [0.25, 0.3) is 0 Å². The van der Waals surface area contributed by atoms with Crippen LogP contribution in [0.2, 0.25) is 0 Å². The van der Waals surface area contributed by atoms with E-state index in [1.165, 1.54) is 0 Å². The molecule has 2 nitrogen and oxygen atoms in total. The molecule has 0 aliphatic heterocycles. The summed E-state index contributed by atoms with van der Waals surface area (Å²) in [5.41, 5.74) is 2.28. The number of hydrogen-bond acceptors (Lipinski definition) is 2. The van der Waals surface area contributed by atoms with Gasteiger partial charge in [0.1, 0.15) is 0 Å². The van der Waals surface area contributed by atoms with Crippen molar-refractivity contribution in [2.24, 2.45) is 16.2 Å². The predicted molar refractivity (Wildman–Crippen MR) is 100 cm³/mol. The van der Waals surface area contributed by atoms with Gasteiger partial charge in [-0.3, -0.25) is 0 Å². The van der Waals surface area contributed by atoms with Crippen LogP contribution in [0.3, 0.4) is 0 Å². The minimum Gasteiger partial charge on any atom is -0.197 e. The summed E-state index contributed by atoms with van der Waals surface area (Å²) in [5, 5.41) is 20.3. The summed E-state index contributed by atoms with van der Waals surface area (Å²) in [6.45, 7) is 4.34. The van der Waals surface area contributed by atoms with Crippen molar-refractivity contribution in [1.29, 1.82) is 10.5 Å². The van der Waals surface area contributed by atoms with E-state index in [9.17, 15) is 10.5 Å². The summed E-state index contributed by atoms with van der Waals surface area (Å²) in [5.74, 6) is 0. The fraction of sp³-hybridized carbons (Fsp3) is 0.250. The van der Waals surface area contributed by atoms with Crippen molar-refractivity contribution in [3.63, 3.8) is 0 Å². The number of allylic oxidation sites excluding steroid dienone is 4. The number of rotatable bonds is 2. The second-order valence-corrected chi connectivity index (χ2v) is 7.94. The molecule has 0 bridgehead atoms. The summed E-state index contributed by atoms with van der Waals surface area (Å²) in [4.78, 5) is 0. The number of fused-ring (bicyclic) bond motifs is 1. The molecule has 0 aromatic heterocycles. The van der Waals surface area contributed by atoms with Crippen LogP contribution in [0.1, 0.15) is 25.0 Å². The highest BCUT2D eigenvalue weighted by molar-refractivity contribution is 5.90. The van der Waals surface area contributed by atoms with Gasteiger partial charge in [-0.15, -0.1) is 0 Å². The normalized spacial score (nSPS) is 38.6. The average Bonchev–Trinajstić information content (AvgIpc) is 3.01. The van der Waals surface area contributed by atoms with Crippen molar-refractivity contribution >= 4 is 5.57 Å². The highest BCUT2D eigenvalue weighted by Gasteiger charge is 2.95. The molecule has 0 spiro atoms. The molecular formula is C24H18N2. The monoisotopic (exact) mass is 334 g/mol. The third-order valence-corrected chi connectivity index (χ3v) is 7.55. The maximum atomic E-state index is 10.3. The molecule has 0 saturated heterocycles. The van der Waals surface area contributed by atoms with Gasteiger partial charge < -0.3 is 0 Å². The lowest BCUT2D eigenvalue weighted by atomic mass is 9.66. The molecule has 0 radical (unpaired) electrons. The van der Waals surface area contributed by atoms with Crippen LogP contribution in [0, 0.1) is 38.9 Å². The smallest absolute Gasteiger partial charge is 0.0974 e. The molecule has 26 heavy (non-hydrogen) atoms. The SMILES string of the molecule is C[C@@]12C(C#N)=C[C@@]3(c4ccccc4)[C@@](C#N)(C=C1c1ccccc1)[C@@]23C. The lowest BCUT2D eigenvalue weighted by Gasteiger charge is -2.34. The average molecular weight is 334 g/mol. The highest BCUT2D eigenvalue weighted by atomic mass is 14.9. The maximum absolute atomic E-state index is 10.3. The van der Waals surface area contributed by atoms with Crippen LogP contribution < -0.4 is 0 Å². The first kappa shape index (κ1) is 15.2. The highest BCUT2D eigenvalue weighted by Crippen LogP contribution is 2.94. The molecule has 3 aliphatic carbocycles. The summed E-state index contributed by atoms with van der Waals surface area (Å²) < 4.78 is 0. The molecule has 3 aliphatic rings. The van der Waals surface area contributed by atoms with Crippen molar-refractivity contribution < 1.29 is 0 Å². The van der Waals surface area contributed by atoms with Crippen LogP contribution in [0.25, 0.3) is 5.57 Å². The van der Waals surface area contributed by atoms with E-state index in [0.29, 0.717) is 0 Å². The Balaban J connectivity index is 1.85.